The zero-order valence-corrected chi connectivity index (χ0v) is 12.8. The van der Waals surface area contributed by atoms with Crippen LogP contribution in [0.5, 0.6) is 0 Å². The topological polar surface area (TPSA) is 88.3 Å². The van der Waals surface area contributed by atoms with Gasteiger partial charge in [0.05, 0.1) is 11.6 Å². The van der Waals surface area contributed by atoms with Crippen molar-refractivity contribution in [2.45, 2.75) is 13.3 Å². The molecule has 0 radical (unpaired) electrons. The molecule has 1 amide bonds. The minimum Gasteiger partial charge on any atom is -0.481 e. The van der Waals surface area contributed by atoms with Crippen LogP contribution < -0.4 is 0 Å². The fourth-order valence-corrected chi connectivity index (χ4v) is 3.00. The van der Waals surface area contributed by atoms with Crippen molar-refractivity contribution in [1.82, 2.24) is 19.7 Å². The summed E-state index contributed by atoms with van der Waals surface area (Å²) in [6, 6.07) is 7.10. The highest BCUT2D eigenvalue weighted by Gasteiger charge is 2.32. The van der Waals surface area contributed by atoms with Crippen LogP contribution >= 0.6 is 0 Å². The van der Waals surface area contributed by atoms with Crippen molar-refractivity contribution >= 4 is 11.9 Å². The smallest absolute Gasteiger partial charge is 0.308 e. The number of amides is 1. The molecule has 1 fully saturated rings. The zero-order chi connectivity index (χ0) is 16.4. The van der Waals surface area contributed by atoms with Gasteiger partial charge in [0.1, 0.15) is 12.7 Å². The van der Waals surface area contributed by atoms with Crippen LogP contribution in [0.4, 0.5) is 0 Å². The summed E-state index contributed by atoms with van der Waals surface area (Å²) in [5.74, 6) is -1.32. The van der Waals surface area contributed by atoms with E-state index in [0.29, 0.717) is 18.5 Å². The second-order valence-corrected chi connectivity index (χ2v) is 5.98. The van der Waals surface area contributed by atoms with Crippen molar-refractivity contribution in [1.29, 1.82) is 0 Å². The number of likely N-dealkylation sites (tertiary alicyclic amines) is 1. The lowest BCUT2D eigenvalue weighted by Gasteiger charge is -2.34. The Balaban J connectivity index is 1.82. The normalized spacial score (nSPS) is 21.2. The Labute approximate surface area is 133 Å². The molecule has 1 aromatic carbocycles. The van der Waals surface area contributed by atoms with Crippen LogP contribution in [0.25, 0.3) is 5.69 Å². The van der Waals surface area contributed by atoms with Crippen LogP contribution in [0.1, 0.15) is 23.7 Å². The molecule has 2 aromatic rings. The molecule has 2 unspecified atom stereocenters. The van der Waals surface area contributed by atoms with Crippen molar-refractivity contribution < 1.29 is 14.7 Å². The van der Waals surface area contributed by atoms with E-state index in [1.54, 1.807) is 34.1 Å². The van der Waals surface area contributed by atoms with E-state index in [1.165, 1.54) is 6.33 Å². The molecule has 0 aliphatic carbocycles. The Morgan fingerprint density at radius 2 is 2.13 bits per heavy atom. The lowest BCUT2D eigenvalue weighted by Crippen LogP contribution is -2.45. The van der Waals surface area contributed by atoms with Crippen molar-refractivity contribution in [3.05, 3.63) is 42.5 Å². The average molecular weight is 314 g/mol. The lowest BCUT2D eigenvalue weighted by molar-refractivity contribution is -0.143. The number of aliphatic carboxylic acids is 1. The van der Waals surface area contributed by atoms with Gasteiger partial charge in [-0.3, -0.25) is 9.59 Å². The van der Waals surface area contributed by atoms with Crippen molar-refractivity contribution in [2.75, 3.05) is 13.1 Å². The monoisotopic (exact) mass is 314 g/mol. The Bertz CT molecular complexity index is 714. The van der Waals surface area contributed by atoms with Crippen LogP contribution in [0.15, 0.2) is 36.9 Å². The van der Waals surface area contributed by atoms with Gasteiger partial charge in [-0.25, -0.2) is 9.67 Å². The summed E-state index contributed by atoms with van der Waals surface area (Å²) in [6.07, 6.45) is 3.60. The first-order valence-electron chi connectivity index (χ1n) is 7.51. The van der Waals surface area contributed by atoms with Gasteiger partial charge in [0.15, 0.2) is 0 Å². The van der Waals surface area contributed by atoms with Gasteiger partial charge >= 0.3 is 5.97 Å². The number of carboxylic acids is 1. The number of nitrogens with zero attached hydrogens (tertiary/aromatic N) is 4. The SMILES string of the molecule is CC1CC(C(=O)O)CN(C(=O)c2cccc(-n3cncn3)c2)C1. The summed E-state index contributed by atoms with van der Waals surface area (Å²) in [7, 11) is 0. The van der Waals surface area contributed by atoms with Crippen molar-refractivity contribution in [3.8, 4) is 5.69 Å². The molecule has 0 spiro atoms. The maximum atomic E-state index is 12.7. The molecule has 3 rings (SSSR count). The van der Waals surface area contributed by atoms with Gasteiger partial charge in [0, 0.05) is 18.7 Å². The first-order chi connectivity index (χ1) is 11.0. The summed E-state index contributed by atoms with van der Waals surface area (Å²) < 4.78 is 1.58. The molecule has 2 atom stereocenters. The Morgan fingerprint density at radius 1 is 1.30 bits per heavy atom. The molecule has 1 N–H and O–H groups in total. The Morgan fingerprint density at radius 3 is 2.83 bits per heavy atom. The first-order valence-corrected chi connectivity index (χ1v) is 7.51. The lowest BCUT2D eigenvalue weighted by atomic mass is 9.90. The van der Waals surface area contributed by atoms with Crippen LogP contribution in [-0.2, 0) is 4.79 Å². The number of hydrogen-bond acceptors (Lipinski definition) is 4. The number of benzene rings is 1. The van der Waals surface area contributed by atoms with Gasteiger partial charge in [0.2, 0.25) is 0 Å². The highest BCUT2D eigenvalue weighted by atomic mass is 16.4. The summed E-state index contributed by atoms with van der Waals surface area (Å²) in [4.78, 5) is 29.5. The van der Waals surface area contributed by atoms with Gasteiger partial charge in [-0.1, -0.05) is 13.0 Å². The molecule has 7 nitrogen and oxygen atoms in total. The van der Waals surface area contributed by atoms with Crippen LogP contribution in [0.3, 0.4) is 0 Å². The number of aromatic nitrogens is 3. The summed E-state index contributed by atoms with van der Waals surface area (Å²) in [6.45, 7) is 2.81. The quantitative estimate of drug-likeness (QED) is 0.926. The third-order valence-corrected chi connectivity index (χ3v) is 4.07. The van der Waals surface area contributed by atoms with Gasteiger partial charge in [-0.2, -0.15) is 5.10 Å². The van der Waals surface area contributed by atoms with Crippen LogP contribution in [-0.4, -0.2) is 49.7 Å². The molecule has 2 heterocycles. The molecular formula is C16H18N4O3. The molecule has 0 saturated carbocycles. The van der Waals surface area contributed by atoms with Crippen molar-refractivity contribution in [3.63, 3.8) is 0 Å². The number of carbonyl (C=O) groups excluding carboxylic acids is 1. The molecule has 1 aromatic heterocycles. The standard InChI is InChI=1S/C16H18N4O3/c1-11-5-13(16(22)23)8-19(7-11)15(21)12-3-2-4-14(6-12)20-10-17-9-18-20/h2-4,6,9-11,13H,5,7-8H2,1H3,(H,22,23). The van der Waals surface area contributed by atoms with E-state index < -0.39 is 11.9 Å². The van der Waals surface area contributed by atoms with Gasteiger partial charge < -0.3 is 10.0 Å². The molecule has 1 aliphatic heterocycles. The average Bonchev–Trinajstić information content (AvgIpc) is 3.08. The van der Waals surface area contributed by atoms with E-state index in [0.717, 1.165) is 5.69 Å². The second kappa shape index (κ2) is 6.20. The Hall–Kier alpha value is -2.70. The molecule has 23 heavy (non-hydrogen) atoms. The van der Waals surface area contributed by atoms with E-state index >= 15 is 0 Å². The van der Waals surface area contributed by atoms with E-state index in [4.69, 9.17) is 0 Å². The number of carbonyl (C=O) groups is 2. The third-order valence-electron chi connectivity index (χ3n) is 4.07. The number of rotatable bonds is 3. The zero-order valence-electron chi connectivity index (χ0n) is 12.8. The van der Waals surface area contributed by atoms with Gasteiger partial charge in [-0.15, -0.1) is 0 Å². The van der Waals surface area contributed by atoms with E-state index in [2.05, 4.69) is 10.1 Å². The third kappa shape index (κ3) is 3.23. The predicted molar refractivity (Wildman–Crippen MR) is 82.2 cm³/mol. The van der Waals surface area contributed by atoms with E-state index in [1.807, 2.05) is 13.0 Å². The molecule has 1 saturated heterocycles. The number of piperidine rings is 1. The summed E-state index contributed by atoms with van der Waals surface area (Å²) in [5, 5.41) is 13.3. The molecule has 1 aliphatic rings. The van der Waals surface area contributed by atoms with Crippen LogP contribution in [0.2, 0.25) is 0 Å². The molecule has 7 heteroatoms. The molecular weight excluding hydrogens is 296 g/mol. The number of hydrogen-bond donors (Lipinski definition) is 1. The van der Waals surface area contributed by atoms with Gasteiger partial charge in [-0.05, 0) is 30.5 Å². The maximum absolute atomic E-state index is 12.7. The van der Waals surface area contributed by atoms with Crippen LogP contribution in [0, 0.1) is 11.8 Å². The van der Waals surface area contributed by atoms with E-state index in [9.17, 15) is 14.7 Å². The summed E-state index contributed by atoms with van der Waals surface area (Å²) >= 11 is 0. The fourth-order valence-electron chi connectivity index (χ4n) is 3.00. The number of carboxylic acid groups (broad SMARTS) is 1. The molecule has 0 bridgehead atoms. The van der Waals surface area contributed by atoms with Gasteiger partial charge in [0.25, 0.3) is 5.91 Å². The highest BCUT2D eigenvalue weighted by Crippen LogP contribution is 2.23. The highest BCUT2D eigenvalue weighted by molar-refractivity contribution is 5.95. The largest absolute Gasteiger partial charge is 0.481 e. The Kier molecular flexibility index (Phi) is 4.10. The minimum atomic E-state index is -0.842. The maximum Gasteiger partial charge on any atom is 0.308 e. The summed E-state index contributed by atoms with van der Waals surface area (Å²) in [5.41, 5.74) is 1.27. The molecule has 120 valence electrons. The predicted octanol–water partition coefficient (Wildman–Crippen LogP) is 1.45. The second-order valence-electron chi connectivity index (χ2n) is 5.98. The van der Waals surface area contributed by atoms with E-state index in [-0.39, 0.29) is 18.4 Å². The fraction of sp³-hybridized carbons (Fsp3) is 0.375. The van der Waals surface area contributed by atoms with Crippen molar-refractivity contribution in [2.24, 2.45) is 11.8 Å². The first kappa shape index (κ1) is 15.2. The minimum absolute atomic E-state index is 0.148.